The molecule has 1 heterocycles. The van der Waals surface area contributed by atoms with Crippen LogP contribution < -0.4 is 5.73 Å². The van der Waals surface area contributed by atoms with Gasteiger partial charge in [0.25, 0.3) is 5.69 Å². The van der Waals surface area contributed by atoms with Crippen molar-refractivity contribution in [2.45, 2.75) is 19.4 Å². The number of rotatable bonds is 6. The van der Waals surface area contributed by atoms with E-state index >= 15 is 0 Å². The summed E-state index contributed by atoms with van der Waals surface area (Å²) in [7, 11) is 0. The van der Waals surface area contributed by atoms with Crippen molar-refractivity contribution in [3.63, 3.8) is 0 Å². The molecule has 0 bridgehead atoms. The molecule has 0 saturated carbocycles. The summed E-state index contributed by atoms with van der Waals surface area (Å²) in [6.45, 7) is 1.48. The van der Waals surface area contributed by atoms with Crippen LogP contribution in [0.5, 0.6) is 0 Å². The predicted octanol–water partition coefficient (Wildman–Crippen LogP) is 2.20. The molecule has 0 atom stereocenters. The first-order valence-electron chi connectivity index (χ1n) is 6.18. The Bertz CT molecular complexity index is 565. The summed E-state index contributed by atoms with van der Waals surface area (Å²) < 4.78 is 1.99. The van der Waals surface area contributed by atoms with Gasteiger partial charge in [0, 0.05) is 36.6 Å². The number of unbranched alkanes of at least 4 members (excludes halogenated alkanes) is 1. The van der Waals surface area contributed by atoms with E-state index < -0.39 is 4.92 Å². The highest BCUT2D eigenvalue weighted by atomic mass is 16.6. The number of nitrogens with two attached hydrogens (primary N) is 1. The predicted molar refractivity (Wildman–Crippen MR) is 72.6 cm³/mol. The van der Waals surface area contributed by atoms with Crippen LogP contribution in [0.15, 0.2) is 36.7 Å². The first-order valence-corrected chi connectivity index (χ1v) is 6.18. The van der Waals surface area contributed by atoms with Crippen molar-refractivity contribution in [1.82, 2.24) is 9.55 Å². The number of hydrogen-bond acceptors (Lipinski definition) is 4. The molecule has 2 aromatic rings. The second-order valence-electron chi connectivity index (χ2n) is 4.25. The normalized spacial score (nSPS) is 10.6. The van der Waals surface area contributed by atoms with E-state index in [0.717, 1.165) is 30.8 Å². The Balaban J connectivity index is 2.24. The SMILES string of the molecule is NCCCCn1ccnc1-c1cccc([N+](=O)[O-])c1. The molecule has 0 aliphatic rings. The van der Waals surface area contributed by atoms with E-state index in [2.05, 4.69) is 4.98 Å². The third-order valence-electron chi connectivity index (χ3n) is 2.88. The molecule has 0 amide bonds. The maximum Gasteiger partial charge on any atom is 0.270 e. The van der Waals surface area contributed by atoms with E-state index in [1.165, 1.54) is 6.07 Å². The van der Waals surface area contributed by atoms with Crippen LogP contribution in [0, 0.1) is 10.1 Å². The quantitative estimate of drug-likeness (QED) is 0.490. The summed E-state index contributed by atoms with van der Waals surface area (Å²) in [6.07, 6.45) is 5.50. The van der Waals surface area contributed by atoms with Gasteiger partial charge in [0.1, 0.15) is 5.82 Å². The molecule has 6 heteroatoms. The molecule has 0 unspecified atom stereocenters. The Labute approximate surface area is 111 Å². The summed E-state index contributed by atoms with van der Waals surface area (Å²) in [5, 5.41) is 10.8. The fourth-order valence-electron chi connectivity index (χ4n) is 1.94. The molecular formula is C13H16N4O2. The highest BCUT2D eigenvalue weighted by Crippen LogP contribution is 2.22. The Morgan fingerprint density at radius 2 is 2.21 bits per heavy atom. The van der Waals surface area contributed by atoms with Crippen LogP contribution in [0.3, 0.4) is 0 Å². The van der Waals surface area contributed by atoms with Gasteiger partial charge in [0.05, 0.1) is 4.92 Å². The van der Waals surface area contributed by atoms with E-state index in [0.29, 0.717) is 6.54 Å². The van der Waals surface area contributed by atoms with Crippen molar-refractivity contribution in [1.29, 1.82) is 0 Å². The van der Waals surface area contributed by atoms with Gasteiger partial charge in [-0.15, -0.1) is 0 Å². The number of nitro groups is 1. The molecule has 2 rings (SSSR count). The maximum absolute atomic E-state index is 10.8. The van der Waals surface area contributed by atoms with Gasteiger partial charge >= 0.3 is 0 Å². The van der Waals surface area contributed by atoms with Crippen molar-refractivity contribution in [3.05, 3.63) is 46.8 Å². The summed E-state index contributed by atoms with van der Waals surface area (Å²) in [5.74, 6) is 0.751. The zero-order valence-corrected chi connectivity index (χ0v) is 10.5. The molecule has 100 valence electrons. The number of benzene rings is 1. The highest BCUT2D eigenvalue weighted by molar-refractivity contribution is 5.59. The third kappa shape index (κ3) is 3.17. The minimum atomic E-state index is -0.398. The minimum Gasteiger partial charge on any atom is -0.331 e. The number of hydrogen-bond donors (Lipinski definition) is 1. The Morgan fingerprint density at radius 3 is 2.95 bits per heavy atom. The number of aromatic nitrogens is 2. The Kier molecular flexibility index (Phi) is 4.25. The fourth-order valence-corrected chi connectivity index (χ4v) is 1.94. The van der Waals surface area contributed by atoms with E-state index in [1.54, 1.807) is 18.3 Å². The van der Waals surface area contributed by atoms with Crippen LogP contribution >= 0.6 is 0 Å². The van der Waals surface area contributed by atoms with Gasteiger partial charge in [-0.2, -0.15) is 0 Å². The van der Waals surface area contributed by atoms with Crippen molar-refractivity contribution >= 4 is 5.69 Å². The first-order chi connectivity index (χ1) is 9.22. The molecule has 0 aliphatic carbocycles. The van der Waals surface area contributed by atoms with Crippen LogP contribution in [-0.4, -0.2) is 21.0 Å². The van der Waals surface area contributed by atoms with Crippen LogP contribution in [0.2, 0.25) is 0 Å². The smallest absolute Gasteiger partial charge is 0.270 e. The molecule has 0 spiro atoms. The standard InChI is InChI=1S/C13H16N4O2/c14-6-1-2-8-16-9-7-15-13(16)11-4-3-5-12(10-11)17(18)19/h3-5,7,9-10H,1-2,6,8,14H2. The molecule has 19 heavy (non-hydrogen) atoms. The lowest BCUT2D eigenvalue weighted by molar-refractivity contribution is -0.384. The lowest BCUT2D eigenvalue weighted by Gasteiger charge is -2.07. The number of nitro benzene ring substituents is 1. The van der Waals surface area contributed by atoms with Gasteiger partial charge in [0.15, 0.2) is 0 Å². The Hall–Kier alpha value is -2.21. The van der Waals surface area contributed by atoms with E-state index in [-0.39, 0.29) is 5.69 Å². The van der Waals surface area contributed by atoms with Crippen LogP contribution in [0.25, 0.3) is 11.4 Å². The molecule has 1 aromatic heterocycles. The number of imidazole rings is 1. The Morgan fingerprint density at radius 1 is 1.37 bits per heavy atom. The van der Waals surface area contributed by atoms with Crippen molar-refractivity contribution in [3.8, 4) is 11.4 Å². The molecule has 6 nitrogen and oxygen atoms in total. The van der Waals surface area contributed by atoms with Gasteiger partial charge in [-0.1, -0.05) is 12.1 Å². The maximum atomic E-state index is 10.8. The summed E-state index contributed by atoms with van der Waals surface area (Å²) in [4.78, 5) is 14.7. The van der Waals surface area contributed by atoms with Gasteiger partial charge in [-0.05, 0) is 19.4 Å². The highest BCUT2D eigenvalue weighted by Gasteiger charge is 2.10. The van der Waals surface area contributed by atoms with Crippen LogP contribution in [0.4, 0.5) is 5.69 Å². The zero-order chi connectivity index (χ0) is 13.7. The first kappa shape index (κ1) is 13.2. The number of aryl methyl sites for hydroxylation is 1. The summed E-state index contributed by atoms with van der Waals surface area (Å²) in [5.41, 5.74) is 6.30. The van der Waals surface area contributed by atoms with Gasteiger partial charge in [0.2, 0.25) is 0 Å². The lowest BCUT2D eigenvalue weighted by Crippen LogP contribution is -2.04. The third-order valence-corrected chi connectivity index (χ3v) is 2.88. The monoisotopic (exact) mass is 260 g/mol. The van der Waals surface area contributed by atoms with Gasteiger partial charge in [-0.3, -0.25) is 10.1 Å². The molecule has 0 aliphatic heterocycles. The molecule has 0 saturated heterocycles. The molecule has 1 aromatic carbocycles. The summed E-state index contributed by atoms with van der Waals surface area (Å²) >= 11 is 0. The van der Waals surface area contributed by atoms with Crippen LogP contribution in [-0.2, 0) is 6.54 Å². The topological polar surface area (TPSA) is 87.0 Å². The van der Waals surface area contributed by atoms with Crippen molar-refractivity contribution < 1.29 is 4.92 Å². The van der Waals surface area contributed by atoms with Crippen molar-refractivity contribution in [2.24, 2.45) is 5.73 Å². The molecule has 2 N–H and O–H groups in total. The largest absolute Gasteiger partial charge is 0.331 e. The fraction of sp³-hybridized carbons (Fsp3) is 0.308. The van der Waals surface area contributed by atoms with E-state index in [9.17, 15) is 10.1 Å². The molecule has 0 radical (unpaired) electrons. The molecule has 0 fully saturated rings. The average Bonchev–Trinajstić information content (AvgIpc) is 2.87. The minimum absolute atomic E-state index is 0.0778. The zero-order valence-electron chi connectivity index (χ0n) is 10.5. The lowest BCUT2D eigenvalue weighted by atomic mass is 10.2. The van der Waals surface area contributed by atoms with E-state index in [4.69, 9.17) is 5.73 Å². The second kappa shape index (κ2) is 6.10. The number of nitrogens with zero attached hydrogens (tertiary/aromatic N) is 3. The average molecular weight is 260 g/mol. The summed E-state index contributed by atoms with van der Waals surface area (Å²) in [6, 6.07) is 6.52. The molecular weight excluding hydrogens is 244 g/mol. The van der Waals surface area contributed by atoms with Crippen molar-refractivity contribution in [2.75, 3.05) is 6.54 Å². The van der Waals surface area contributed by atoms with E-state index in [1.807, 2.05) is 16.8 Å². The van der Waals surface area contributed by atoms with Crippen LogP contribution in [0.1, 0.15) is 12.8 Å². The second-order valence-corrected chi connectivity index (χ2v) is 4.25. The number of non-ortho nitro benzene ring substituents is 1. The van der Waals surface area contributed by atoms with Gasteiger partial charge in [-0.25, -0.2) is 4.98 Å². The van der Waals surface area contributed by atoms with Gasteiger partial charge < -0.3 is 10.3 Å².